The van der Waals surface area contributed by atoms with Crippen molar-refractivity contribution in [3.05, 3.63) is 0 Å². The highest BCUT2D eigenvalue weighted by Gasteiger charge is 2.33. The van der Waals surface area contributed by atoms with Crippen molar-refractivity contribution in [3.8, 4) is 0 Å². The average Bonchev–Trinajstić information content (AvgIpc) is 2.66. The molecule has 2 N–H and O–H groups in total. The van der Waals surface area contributed by atoms with Crippen LogP contribution in [0.15, 0.2) is 0 Å². The summed E-state index contributed by atoms with van der Waals surface area (Å²) in [6.45, 7) is 6.71. The summed E-state index contributed by atoms with van der Waals surface area (Å²) < 4.78 is 5.20. The summed E-state index contributed by atoms with van der Waals surface area (Å²) in [6, 6.07) is 0.855. The minimum absolute atomic E-state index is 0.150. The van der Waals surface area contributed by atoms with Gasteiger partial charge in [0.2, 0.25) is 0 Å². The van der Waals surface area contributed by atoms with E-state index in [0.29, 0.717) is 12.1 Å². The molecule has 0 aliphatic carbocycles. The Morgan fingerprint density at radius 3 is 2.78 bits per heavy atom. The van der Waals surface area contributed by atoms with Gasteiger partial charge in [0.15, 0.2) is 0 Å². The lowest BCUT2D eigenvalue weighted by Gasteiger charge is -2.27. The average molecular weight is 258 g/mol. The highest BCUT2D eigenvalue weighted by Crippen LogP contribution is 2.23. The van der Waals surface area contributed by atoms with Crippen LogP contribution in [0.4, 0.5) is 4.79 Å². The quantitative estimate of drug-likeness (QED) is 0.771. The zero-order valence-electron chi connectivity index (χ0n) is 11.2. The third kappa shape index (κ3) is 4.18. The second-order valence-electron chi connectivity index (χ2n) is 4.81. The minimum Gasteiger partial charge on any atom is -0.480 e. The van der Waals surface area contributed by atoms with Crippen LogP contribution in [0.1, 0.15) is 33.6 Å². The maximum atomic E-state index is 11.3. The molecule has 6 nitrogen and oxygen atoms in total. The highest BCUT2D eigenvalue weighted by molar-refractivity contribution is 5.76. The number of nitrogens with one attached hydrogen (secondary N) is 1. The fraction of sp³-hybridized carbons (Fsp3) is 0.833. The first kappa shape index (κ1) is 14.8. The second-order valence-corrected chi connectivity index (χ2v) is 4.81. The number of hydrogen-bond acceptors (Lipinski definition) is 4. The van der Waals surface area contributed by atoms with Gasteiger partial charge in [-0.3, -0.25) is 9.69 Å². The molecule has 3 atom stereocenters. The number of rotatable bonds is 5. The van der Waals surface area contributed by atoms with E-state index >= 15 is 0 Å². The van der Waals surface area contributed by atoms with Crippen LogP contribution in [0.2, 0.25) is 0 Å². The number of likely N-dealkylation sites (tertiary alicyclic amines) is 1. The van der Waals surface area contributed by atoms with Gasteiger partial charge in [0.25, 0.3) is 0 Å². The number of alkyl carbamates (subject to hydrolysis) is 1. The summed E-state index contributed by atoms with van der Waals surface area (Å²) in [5, 5.41) is 10.6. The topological polar surface area (TPSA) is 78.9 Å². The molecule has 1 saturated heterocycles. The predicted octanol–water partition coefficient (Wildman–Crippen LogP) is 1.06. The van der Waals surface area contributed by atoms with Crippen LogP contribution in [0.3, 0.4) is 0 Å². The lowest BCUT2D eigenvalue weighted by molar-refractivity contribution is -0.135. The molecule has 1 rings (SSSR count). The van der Waals surface area contributed by atoms with Crippen molar-refractivity contribution in [3.63, 3.8) is 0 Å². The van der Waals surface area contributed by atoms with E-state index < -0.39 is 18.6 Å². The van der Waals surface area contributed by atoms with Gasteiger partial charge in [-0.25, -0.2) is 4.79 Å². The SMILES string of the molecule is CCC(C)N1C[C@@H](OC(=O)NCC(=O)O)C[C@H]1C. The van der Waals surface area contributed by atoms with E-state index in [1.165, 1.54) is 0 Å². The Bertz CT molecular complexity index is 308. The summed E-state index contributed by atoms with van der Waals surface area (Å²) in [4.78, 5) is 24.0. The van der Waals surface area contributed by atoms with Crippen molar-refractivity contribution in [2.75, 3.05) is 13.1 Å². The van der Waals surface area contributed by atoms with E-state index in [0.717, 1.165) is 19.4 Å². The van der Waals surface area contributed by atoms with Crippen molar-refractivity contribution in [1.82, 2.24) is 10.2 Å². The smallest absolute Gasteiger partial charge is 0.407 e. The molecule has 0 spiro atoms. The van der Waals surface area contributed by atoms with Crippen LogP contribution in [-0.4, -0.2) is 53.3 Å². The van der Waals surface area contributed by atoms with Crippen LogP contribution < -0.4 is 5.32 Å². The van der Waals surface area contributed by atoms with E-state index in [-0.39, 0.29) is 6.10 Å². The number of aliphatic carboxylic acids is 1. The standard InChI is InChI=1S/C12H22N2O4/c1-4-8(2)14-7-10(5-9(14)3)18-12(17)13-6-11(15)16/h8-10H,4-7H2,1-3H3,(H,13,17)(H,15,16)/t8?,9-,10+/m1/s1. The number of carbonyl (C=O) groups excluding carboxylic acids is 1. The molecule has 0 bridgehead atoms. The number of carboxylic acids is 1. The van der Waals surface area contributed by atoms with Gasteiger partial charge < -0.3 is 15.2 Å². The zero-order chi connectivity index (χ0) is 13.7. The summed E-state index contributed by atoms with van der Waals surface area (Å²) in [5.41, 5.74) is 0. The van der Waals surface area contributed by atoms with Gasteiger partial charge in [0.1, 0.15) is 12.6 Å². The molecular weight excluding hydrogens is 236 g/mol. The molecule has 0 aromatic carbocycles. The van der Waals surface area contributed by atoms with Crippen molar-refractivity contribution in [2.45, 2.75) is 51.8 Å². The Balaban J connectivity index is 2.37. The van der Waals surface area contributed by atoms with Crippen molar-refractivity contribution in [1.29, 1.82) is 0 Å². The van der Waals surface area contributed by atoms with E-state index in [9.17, 15) is 9.59 Å². The Hall–Kier alpha value is -1.30. The molecule has 1 aliphatic rings. The first-order valence-electron chi connectivity index (χ1n) is 6.36. The lowest BCUT2D eigenvalue weighted by Crippen LogP contribution is -2.37. The molecule has 0 aromatic rings. The number of amides is 1. The Kier molecular flexibility index (Phi) is 5.40. The molecule has 1 amide bonds. The van der Waals surface area contributed by atoms with Crippen LogP contribution in [0.5, 0.6) is 0 Å². The number of ether oxygens (including phenoxy) is 1. The van der Waals surface area contributed by atoms with Crippen LogP contribution >= 0.6 is 0 Å². The van der Waals surface area contributed by atoms with Gasteiger partial charge in [-0.2, -0.15) is 0 Å². The van der Waals surface area contributed by atoms with E-state index in [4.69, 9.17) is 9.84 Å². The first-order chi connectivity index (χ1) is 8.43. The molecule has 0 saturated carbocycles. The Labute approximate surface area is 107 Å². The van der Waals surface area contributed by atoms with Crippen molar-refractivity contribution >= 4 is 12.1 Å². The molecule has 0 radical (unpaired) electrons. The van der Waals surface area contributed by atoms with Gasteiger partial charge in [-0.1, -0.05) is 6.92 Å². The van der Waals surface area contributed by atoms with Gasteiger partial charge in [-0.05, 0) is 20.3 Å². The molecule has 1 aliphatic heterocycles. The predicted molar refractivity (Wildman–Crippen MR) is 66.4 cm³/mol. The lowest BCUT2D eigenvalue weighted by atomic mass is 10.2. The summed E-state index contributed by atoms with van der Waals surface area (Å²) >= 11 is 0. The van der Waals surface area contributed by atoms with Crippen molar-refractivity contribution < 1.29 is 19.4 Å². The Morgan fingerprint density at radius 1 is 1.56 bits per heavy atom. The Morgan fingerprint density at radius 2 is 2.22 bits per heavy atom. The number of carbonyl (C=O) groups is 2. The van der Waals surface area contributed by atoms with Gasteiger partial charge in [0.05, 0.1) is 0 Å². The third-order valence-corrected chi connectivity index (χ3v) is 3.40. The fourth-order valence-electron chi connectivity index (χ4n) is 2.28. The number of carboxylic acid groups (broad SMARTS) is 1. The van der Waals surface area contributed by atoms with Crippen molar-refractivity contribution in [2.24, 2.45) is 0 Å². The molecule has 18 heavy (non-hydrogen) atoms. The zero-order valence-corrected chi connectivity index (χ0v) is 11.2. The molecule has 6 heteroatoms. The molecule has 0 aromatic heterocycles. The third-order valence-electron chi connectivity index (χ3n) is 3.40. The summed E-state index contributed by atoms with van der Waals surface area (Å²) in [6.07, 6.45) is 1.05. The minimum atomic E-state index is -1.08. The normalized spacial score (nSPS) is 25.7. The van der Waals surface area contributed by atoms with Crippen LogP contribution in [0, 0.1) is 0 Å². The van der Waals surface area contributed by atoms with E-state index in [1.54, 1.807) is 0 Å². The molecule has 1 unspecified atom stereocenters. The van der Waals surface area contributed by atoms with E-state index in [1.807, 2.05) is 0 Å². The monoisotopic (exact) mass is 258 g/mol. The molecule has 104 valence electrons. The van der Waals surface area contributed by atoms with Crippen LogP contribution in [0.25, 0.3) is 0 Å². The second kappa shape index (κ2) is 6.58. The highest BCUT2D eigenvalue weighted by atomic mass is 16.6. The summed E-state index contributed by atoms with van der Waals surface area (Å²) in [7, 11) is 0. The molecule has 1 heterocycles. The first-order valence-corrected chi connectivity index (χ1v) is 6.36. The maximum absolute atomic E-state index is 11.3. The molecule has 1 fully saturated rings. The van der Waals surface area contributed by atoms with Gasteiger partial charge >= 0.3 is 12.1 Å². The maximum Gasteiger partial charge on any atom is 0.407 e. The van der Waals surface area contributed by atoms with Gasteiger partial charge in [0, 0.05) is 25.0 Å². The number of hydrogen-bond donors (Lipinski definition) is 2. The molecular formula is C12H22N2O4. The van der Waals surface area contributed by atoms with Crippen LogP contribution in [-0.2, 0) is 9.53 Å². The van der Waals surface area contributed by atoms with E-state index in [2.05, 4.69) is 31.0 Å². The summed E-state index contributed by atoms with van der Waals surface area (Å²) in [5.74, 6) is -1.08. The van der Waals surface area contributed by atoms with Gasteiger partial charge in [-0.15, -0.1) is 0 Å². The fourth-order valence-corrected chi connectivity index (χ4v) is 2.28. The number of nitrogens with zero attached hydrogens (tertiary/aromatic N) is 1. The largest absolute Gasteiger partial charge is 0.480 e.